The first kappa shape index (κ1) is 104. The third-order valence-electron chi connectivity index (χ3n) is 31.0. The Bertz CT molecular complexity index is 3790. The number of fused-ring (bicyclic) bond motifs is 2. The minimum atomic E-state index is -0.387. The summed E-state index contributed by atoms with van der Waals surface area (Å²) < 4.78 is 12.8. The van der Waals surface area contributed by atoms with Crippen LogP contribution in [-0.4, -0.2) is 93.0 Å². The van der Waals surface area contributed by atoms with Crippen molar-refractivity contribution in [1.29, 1.82) is 0 Å². The Morgan fingerprint density at radius 1 is 0.240 bits per heavy atom. The van der Waals surface area contributed by atoms with Crippen LogP contribution in [0, 0.1) is 47.3 Å². The van der Waals surface area contributed by atoms with E-state index in [0.717, 1.165) is 136 Å². The Labute approximate surface area is 781 Å². The standard InChI is InChI=1S/C115H172N4O10/c1-7-11-15-19-31-43-55-89-63-65-91(57-45-33-23-27-39-51-83-116-107(120)79-80-108(116)121)101(99(89)59-47-35-21-17-13-9-3)61-49-37-25-29-41-53-85-118-111(124)103-77-75-97(87-105(103)113(118)126)128-95-71-67-93(68-72-95)115(5,6)94-69-73-96(74-70-94)129-98-76-78-104-106(88-98)114(127)119(112(104)125)86-54-42-30-26-38-50-62-102-92(58-46-34-24-28-40-52-84-117-109(122)81-82-110(117)123)66-64-90(56-44-32-20-16-12-8-2)100(102)60-48-36-22-18-14-10-4/h67-82,87-92,99-102H,7-66,83-86H2,1-6H3. The molecule has 0 aromatic heterocycles. The van der Waals surface area contributed by atoms with Gasteiger partial charge in [-0.3, -0.25) is 58.0 Å². The lowest BCUT2D eigenvalue weighted by molar-refractivity contribution is -0.138. The zero-order valence-electron chi connectivity index (χ0n) is 81.6. The Kier molecular flexibility index (Phi) is 46.5. The molecule has 0 spiro atoms. The average molecular weight is 1770 g/mol. The van der Waals surface area contributed by atoms with E-state index in [1.165, 1.54) is 352 Å². The number of amides is 8. The summed E-state index contributed by atoms with van der Waals surface area (Å²) in [4.78, 5) is 109. The van der Waals surface area contributed by atoms with Gasteiger partial charge in [0.05, 0.1) is 22.3 Å². The van der Waals surface area contributed by atoms with E-state index in [9.17, 15) is 38.4 Å². The normalized spacial score (nSPS) is 19.9. The third kappa shape index (κ3) is 33.0. The van der Waals surface area contributed by atoms with Crippen LogP contribution in [-0.2, 0) is 24.6 Å². The number of imide groups is 4. The highest BCUT2D eigenvalue weighted by molar-refractivity contribution is 6.22. The summed E-state index contributed by atoms with van der Waals surface area (Å²) in [6.07, 6.45) is 82.0. The molecule has 129 heavy (non-hydrogen) atoms. The van der Waals surface area contributed by atoms with Crippen LogP contribution in [0.4, 0.5) is 0 Å². The van der Waals surface area contributed by atoms with Crippen molar-refractivity contribution in [3.8, 4) is 23.0 Å². The lowest BCUT2D eigenvalue weighted by atomic mass is 9.61. The highest BCUT2D eigenvalue weighted by Gasteiger charge is 2.42. The van der Waals surface area contributed by atoms with E-state index in [1.807, 2.05) is 24.3 Å². The number of benzene rings is 4. The zero-order chi connectivity index (χ0) is 91.2. The van der Waals surface area contributed by atoms with E-state index in [0.29, 0.717) is 71.4 Å². The van der Waals surface area contributed by atoms with Crippen molar-refractivity contribution in [1.82, 2.24) is 19.6 Å². The average Bonchev–Trinajstić information content (AvgIpc) is 1.54. The second-order valence-electron chi connectivity index (χ2n) is 40.9. The molecule has 4 aromatic rings. The Hall–Kier alpha value is -7.48. The van der Waals surface area contributed by atoms with Crippen LogP contribution in [0.15, 0.2) is 109 Å². The molecule has 712 valence electrons. The molecule has 2 saturated carbocycles. The summed E-state index contributed by atoms with van der Waals surface area (Å²) in [5, 5.41) is 0. The summed E-state index contributed by atoms with van der Waals surface area (Å²) >= 11 is 0. The van der Waals surface area contributed by atoms with Crippen molar-refractivity contribution in [2.45, 2.75) is 432 Å². The van der Waals surface area contributed by atoms with E-state index in [4.69, 9.17) is 9.47 Å². The molecule has 14 nitrogen and oxygen atoms in total. The maximum absolute atomic E-state index is 14.0. The number of ether oxygens (including phenoxy) is 2. The fourth-order valence-corrected chi connectivity index (χ4v) is 23.2. The first-order valence-corrected chi connectivity index (χ1v) is 53.7. The molecule has 8 unspecified atom stereocenters. The molecule has 10 rings (SSSR count). The summed E-state index contributed by atoms with van der Waals surface area (Å²) in [6.45, 7) is 15.5. The number of carbonyl (C=O) groups is 8. The molecule has 4 heterocycles. The van der Waals surface area contributed by atoms with Crippen molar-refractivity contribution in [3.05, 3.63) is 143 Å². The smallest absolute Gasteiger partial charge is 0.261 e. The molecule has 2 aliphatic carbocycles. The van der Waals surface area contributed by atoms with Gasteiger partial charge in [-0.25, -0.2) is 0 Å². The van der Waals surface area contributed by atoms with Crippen LogP contribution in [0.25, 0.3) is 0 Å². The van der Waals surface area contributed by atoms with E-state index in [1.54, 1.807) is 36.4 Å². The SMILES string of the molecule is CCCCCCCCC1CCC(CCCCCCCCN2C(=O)C=CC2=O)C(CCCCCCCCN2C(=O)c3ccc(Oc4ccc(C(C)(C)c5ccc(Oc6ccc7c(c6)C(=O)N(CCCCCCCCC6C(CCCCCCCCN8C(=O)C=CC8=O)CCC(CCCCCCCC)C6CCCCCCCC)C7=O)cc5)cc4)cc3C2=O)C1CCCCCCCC. The highest BCUT2D eigenvalue weighted by atomic mass is 16.5. The minimum absolute atomic E-state index is 0.169. The molecule has 8 amide bonds. The van der Waals surface area contributed by atoms with Gasteiger partial charge in [0.15, 0.2) is 0 Å². The number of nitrogens with zero attached hydrogens (tertiary/aromatic N) is 4. The predicted molar refractivity (Wildman–Crippen MR) is 528 cm³/mol. The monoisotopic (exact) mass is 1770 g/mol. The molecule has 4 aromatic carbocycles. The van der Waals surface area contributed by atoms with Crippen LogP contribution < -0.4 is 9.47 Å². The third-order valence-corrected chi connectivity index (χ3v) is 31.0. The highest BCUT2D eigenvalue weighted by Crippen LogP contribution is 2.51. The largest absolute Gasteiger partial charge is 0.457 e. The second kappa shape index (κ2) is 57.8. The van der Waals surface area contributed by atoms with Crippen LogP contribution in [0.5, 0.6) is 23.0 Å². The summed E-state index contributed by atoms with van der Waals surface area (Å²) in [7, 11) is 0. The number of carbonyl (C=O) groups excluding carboxylic acids is 8. The molecule has 2 fully saturated rings. The van der Waals surface area contributed by atoms with Crippen LogP contribution in [0.1, 0.15) is 479 Å². The molecular weight excluding hydrogens is 1600 g/mol. The summed E-state index contributed by atoms with van der Waals surface area (Å²) in [5.74, 6) is 7.37. The fourth-order valence-electron chi connectivity index (χ4n) is 23.2. The van der Waals surface area contributed by atoms with Crippen molar-refractivity contribution >= 4 is 47.3 Å². The van der Waals surface area contributed by atoms with Gasteiger partial charge < -0.3 is 9.47 Å². The van der Waals surface area contributed by atoms with Crippen LogP contribution >= 0.6 is 0 Å². The topological polar surface area (TPSA) is 168 Å². The molecule has 0 bridgehead atoms. The molecule has 6 aliphatic rings. The van der Waals surface area contributed by atoms with E-state index >= 15 is 0 Å². The Morgan fingerprint density at radius 2 is 0.450 bits per heavy atom. The number of hydrogen-bond donors (Lipinski definition) is 0. The molecule has 0 N–H and O–H groups in total. The lowest BCUT2D eigenvalue weighted by Crippen LogP contribution is -2.35. The maximum atomic E-state index is 14.0. The number of hydrogen-bond acceptors (Lipinski definition) is 10. The number of rotatable bonds is 70. The molecular formula is C115H172N4O10. The first-order chi connectivity index (χ1) is 63.0. The fraction of sp³-hybridized carbons (Fsp3) is 0.687. The quantitative estimate of drug-likeness (QED) is 0.0306. The van der Waals surface area contributed by atoms with Gasteiger partial charge in [0, 0.05) is 55.9 Å². The van der Waals surface area contributed by atoms with Gasteiger partial charge in [-0.2, -0.15) is 0 Å². The summed E-state index contributed by atoms with van der Waals surface area (Å²) in [5.41, 5.74) is 3.43. The van der Waals surface area contributed by atoms with Crippen molar-refractivity contribution in [2.75, 3.05) is 26.2 Å². The lowest BCUT2D eigenvalue weighted by Gasteiger charge is -2.44. The van der Waals surface area contributed by atoms with Gasteiger partial charge in [0.1, 0.15) is 23.0 Å². The van der Waals surface area contributed by atoms with Gasteiger partial charge in [-0.05, 0) is 196 Å². The Morgan fingerprint density at radius 3 is 0.705 bits per heavy atom. The predicted octanol–water partition coefficient (Wildman–Crippen LogP) is 31.1. The molecule has 4 aliphatic heterocycles. The second-order valence-corrected chi connectivity index (χ2v) is 40.9. The van der Waals surface area contributed by atoms with E-state index < -0.39 is 0 Å². The van der Waals surface area contributed by atoms with Crippen LogP contribution in [0.3, 0.4) is 0 Å². The first-order valence-electron chi connectivity index (χ1n) is 53.7. The van der Waals surface area contributed by atoms with Gasteiger partial charge in [0.25, 0.3) is 47.3 Å². The van der Waals surface area contributed by atoms with Crippen molar-refractivity contribution < 1.29 is 47.8 Å². The van der Waals surface area contributed by atoms with Gasteiger partial charge >= 0.3 is 0 Å². The van der Waals surface area contributed by atoms with Crippen LogP contribution in [0.2, 0.25) is 0 Å². The zero-order valence-corrected chi connectivity index (χ0v) is 81.6. The van der Waals surface area contributed by atoms with Gasteiger partial charge in [-0.15, -0.1) is 0 Å². The van der Waals surface area contributed by atoms with Gasteiger partial charge in [0.2, 0.25) is 0 Å². The van der Waals surface area contributed by atoms with Crippen molar-refractivity contribution in [3.63, 3.8) is 0 Å². The van der Waals surface area contributed by atoms with Crippen molar-refractivity contribution in [2.24, 2.45) is 47.3 Å². The number of unbranched alkanes of at least 4 members (excludes halogenated alkanes) is 40. The maximum Gasteiger partial charge on any atom is 0.261 e. The Balaban J connectivity index is 0.632. The minimum Gasteiger partial charge on any atom is -0.457 e. The molecule has 8 atom stereocenters. The molecule has 14 heteroatoms. The van der Waals surface area contributed by atoms with E-state index in [-0.39, 0.29) is 52.7 Å². The molecule has 0 radical (unpaired) electrons. The van der Waals surface area contributed by atoms with Gasteiger partial charge in [-0.1, -0.05) is 374 Å². The summed E-state index contributed by atoms with van der Waals surface area (Å²) in [6, 6.07) is 26.5. The van der Waals surface area contributed by atoms with E-state index in [2.05, 4.69) is 65.8 Å². The molecule has 0 saturated heterocycles.